The second-order valence-corrected chi connectivity index (χ2v) is 3.35. The second kappa shape index (κ2) is 6.43. The minimum Gasteiger partial charge on any atom is -0.494 e. The summed E-state index contributed by atoms with van der Waals surface area (Å²) in [5, 5.41) is 3.34. The predicted molar refractivity (Wildman–Crippen MR) is 63.1 cm³/mol. The average molecular weight is 208 g/mol. The van der Waals surface area contributed by atoms with Crippen molar-refractivity contribution in [1.82, 2.24) is 5.32 Å². The summed E-state index contributed by atoms with van der Waals surface area (Å²) >= 11 is 0. The molecule has 1 aromatic carbocycles. The van der Waals surface area contributed by atoms with E-state index in [-0.39, 0.29) is 6.04 Å². The number of nitrogens with one attached hydrogen (secondary N) is 1. The molecule has 84 valence electrons. The Labute approximate surface area is 91.6 Å². The number of hydrogen-bond acceptors (Lipinski definition) is 3. The third kappa shape index (κ3) is 3.53. The highest BCUT2D eigenvalue weighted by Crippen LogP contribution is 2.18. The first-order valence-corrected chi connectivity index (χ1v) is 5.48. The van der Waals surface area contributed by atoms with Crippen molar-refractivity contribution in [3.8, 4) is 5.75 Å². The van der Waals surface area contributed by atoms with Gasteiger partial charge in [0.2, 0.25) is 0 Å². The van der Waals surface area contributed by atoms with Crippen LogP contribution in [0.4, 0.5) is 0 Å². The lowest BCUT2D eigenvalue weighted by atomic mass is 10.1. The minimum atomic E-state index is 0.218. The molecule has 0 saturated carbocycles. The third-order valence-corrected chi connectivity index (χ3v) is 2.26. The van der Waals surface area contributed by atoms with Crippen molar-refractivity contribution >= 4 is 0 Å². The largest absolute Gasteiger partial charge is 0.494 e. The van der Waals surface area contributed by atoms with Crippen LogP contribution < -0.4 is 15.8 Å². The van der Waals surface area contributed by atoms with E-state index >= 15 is 0 Å². The molecule has 3 nitrogen and oxygen atoms in total. The van der Waals surface area contributed by atoms with Gasteiger partial charge in [-0.15, -0.1) is 0 Å². The van der Waals surface area contributed by atoms with Crippen LogP contribution in [0, 0.1) is 0 Å². The number of hydrogen-bond donors (Lipinski definition) is 2. The Morgan fingerprint density at radius 3 is 2.80 bits per heavy atom. The normalized spacial score (nSPS) is 12.5. The summed E-state index contributed by atoms with van der Waals surface area (Å²) in [6, 6.07) is 8.30. The number of ether oxygens (including phenoxy) is 1. The standard InChI is InChI=1S/C12H20N2O/c1-3-14-12(9-13)10-6-5-7-11(8-10)15-4-2/h5-8,12,14H,3-4,9,13H2,1-2H3. The Balaban J connectivity index is 2.77. The lowest BCUT2D eigenvalue weighted by Crippen LogP contribution is -2.27. The summed E-state index contributed by atoms with van der Waals surface area (Å²) < 4.78 is 5.45. The van der Waals surface area contributed by atoms with Crippen LogP contribution in [0.5, 0.6) is 5.75 Å². The molecule has 0 aliphatic carbocycles. The van der Waals surface area contributed by atoms with Gasteiger partial charge in [0.1, 0.15) is 5.75 Å². The van der Waals surface area contributed by atoms with Crippen LogP contribution in [0.3, 0.4) is 0 Å². The molecule has 15 heavy (non-hydrogen) atoms. The fourth-order valence-corrected chi connectivity index (χ4v) is 1.57. The molecule has 3 N–H and O–H groups in total. The average Bonchev–Trinajstić information content (AvgIpc) is 2.27. The molecule has 0 radical (unpaired) electrons. The molecule has 0 aliphatic heterocycles. The monoisotopic (exact) mass is 208 g/mol. The van der Waals surface area contributed by atoms with Crippen molar-refractivity contribution in [2.75, 3.05) is 19.7 Å². The molecule has 0 aromatic heterocycles. The summed E-state index contributed by atoms with van der Waals surface area (Å²) in [6.45, 7) is 6.27. The summed E-state index contributed by atoms with van der Waals surface area (Å²) in [7, 11) is 0. The summed E-state index contributed by atoms with van der Waals surface area (Å²) in [4.78, 5) is 0. The van der Waals surface area contributed by atoms with Crippen molar-refractivity contribution in [1.29, 1.82) is 0 Å². The van der Waals surface area contributed by atoms with Gasteiger partial charge in [0.05, 0.1) is 6.61 Å². The van der Waals surface area contributed by atoms with Crippen molar-refractivity contribution in [2.24, 2.45) is 5.73 Å². The van der Waals surface area contributed by atoms with Gasteiger partial charge in [0.15, 0.2) is 0 Å². The number of rotatable bonds is 6. The van der Waals surface area contributed by atoms with Crippen molar-refractivity contribution in [3.63, 3.8) is 0 Å². The van der Waals surface area contributed by atoms with Crippen LogP contribution in [-0.2, 0) is 0 Å². The molecule has 0 bridgehead atoms. The molecule has 0 fully saturated rings. The minimum absolute atomic E-state index is 0.218. The summed E-state index contributed by atoms with van der Waals surface area (Å²) in [6.07, 6.45) is 0. The van der Waals surface area contributed by atoms with Gasteiger partial charge >= 0.3 is 0 Å². The van der Waals surface area contributed by atoms with E-state index in [4.69, 9.17) is 10.5 Å². The van der Waals surface area contributed by atoms with E-state index in [1.54, 1.807) is 0 Å². The van der Waals surface area contributed by atoms with E-state index < -0.39 is 0 Å². The molecule has 0 heterocycles. The van der Waals surface area contributed by atoms with Crippen molar-refractivity contribution in [3.05, 3.63) is 29.8 Å². The molecule has 1 rings (SSSR count). The van der Waals surface area contributed by atoms with Gasteiger partial charge in [-0.2, -0.15) is 0 Å². The Morgan fingerprint density at radius 2 is 2.20 bits per heavy atom. The molecule has 1 atom stereocenters. The zero-order valence-corrected chi connectivity index (χ0v) is 9.49. The van der Waals surface area contributed by atoms with Crippen molar-refractivity contribution in [2.45, 2.75) is 19.9 Å². The maximum absolute atomic E-state index is 5.71. The fourth-order valence-electron chi connectivity index (χ4n) is 1.57. The molecular formula is C12H20N2O. The zero-order chi connectivity index (χ0) is 11.1. The highest BCUT2D eigenvalue weighted by Gasteiger charge is 2.08. The maximum atomic E-state index is 5.71. The molecule has 0 saturated heterocycles. The lowest BCUT2D eigenvalue weighted by molar-refractivity contribution is 0.339. The van der Waals surface area contributed by atoms with E-state index in [1.807, 2.05) is 25.1 Å². The number of nitrogens with two attached hydrogens (primary N) is 1. The van der Waals surface area contributed by atoms with Gasteiger partial charge in [-0.3, -0.25) is 0 Å². The molecule has 1 unspecified atom stereocenters. The number of benzene rings is 1. The van der Waals surface area contributed by atoms with E-state index in [0.29, 0.717) is 13.2 Å². The highest BCUT2D eigenvalue weighted by atomic mass is 16.5. The van der Waals surface area contributed by atoms with Crippen LogP contribution in [0.2, 0.25) is 0 Å². The topological polar surface area (TPSA) is 47.3 Å². The molecule has 3 heteroatoms. The highest BCUT2D eigenvalue weighted by molar-refractivity contribution is 5.30. The second-order valence-electron chi connectivity index (χ2n) is 3.35. The quantitative estimate of drug-likeness (QED) is 0.748. The van der Waals surface area contributed by atoms with Gasteiger partial charge < -0.3 is 15.8 Å². The van der Waals surface area contributed by atoms with Crippen LogP contribution in [0.1, 0.15) is 25.5 Å². The summed E-state index contributed by atoms with van der Waals surface area (Å²) in [5.41, 5.74) is 6.90. The van der Waals surface area contributed by atoms with E-state index in [1.165, 1.54) is 5.56 Å². The van der Waals surface area contributed by atoms with Crippen LogP contribution in [0.15, 0.2) is 24.3 Å². The third-order valence-electron chi connectivity index (χ3n) is 2.26. The molecule has 1 aromatic rings. The Kier molecular flexibility index (Phi) is 5.15. The number of likely N-dealkylation sites (N-methyl/N-ethyl adjacent to an activating group) is 1. The Bertz CT molecular complexity index is 289. The molecule has 0 amide bonds. The maximum Gasteiger partial charge on any atom is 0.119 e. The van der Waals surface area contributed by atoms with Gasteiger partial charge in [0.25, 0.3) is 0 Å². The molecule has 0 spiro atoms. The SMILES string of the molecule is CCNC(CN)c1cccc(OCC)c1. The first kappa shape index (κ1) is 12.0. The first-order chi connectivity index (χ1) is 7.31. The molecular weight excluding hydrogens is 188 g/mol. The van der Waals surface area contributed by atoms with Crippen LogP contribution in [0.25, 0.3) is 0 Å². The van der Waals surface area contributed by atoms with E-state index in [0.717, 1.165) is 12.3 Å². The molecule has 0 aliphatic rings. The lowest BCUT2D eigenvalue weighted by Gasteiger charge is -2.16. The Morgan fingerprint density at radius 1 is 1.40 bits per heavy atom. The predicted octanol–water partition coefficient (Wildman–Crippen LogP) is 1.69. The summed E-state index contributed by atoms with van der Waals surface area (Å²) in [5.74, 6) is 0.909. The first-order valence-electron chi connectivity index (χ1n) is 5.48. The van der Waals surface area contributed by atoms with E-state index in [2.05, 4.69) is 18.3 Å². The van der Waals surface area contributed by atoms with Gasteiger partial charge in [0, 0.05) is 12.6 Å². The van der Waals surface area contributed by atoms with Crippen molar-refractivity contribution < 1.29 is 4.74 Å². The van der Waals surface area contributed by atoms with Gasteiger partial charge in [-0.1, -0.05) is 19.1 Å². The van der Waals surface area contributed by atoms with Gasteiger partial charge in [-0.25, -0.2) is 0 Å². The zero-order valence-electron chi connectivity index (χ0n) is 9.49. The van der Waals surface area contributed by atoms with Gasteiger partial charge in [-0.05, 0) is 31.2 Å². The fraction of sp³-hybridized carbons (Fsp3) is 0.500. The smallest absolute Gasteiger partial charge is 0.119 e. The van der Waals surface area contributed by atoms with E-state index in [9.17, 15) is 0 Å². The van der Waals surface area contributed by atoms with Crippen LogP contribution >= 0.6 is 0 Å². The Hall–Kier alpha value is -1.06. The van der Waals surface area contributed by atoms with Crippen LogP contribution in [-0.4, -0.2) is 19.7 Å².